The highest BCUT2D eigenvalue weighted by molar-refractivity contribution is 7.89. The maximum absolute atomic E-state index is 15.1. The zero-order valence-corrected chi connectivity index (χ0v) is 19.6. The number of alkyl halides is 3. The molecular weight excluding hydrogens is 510 g/mol. The minimum absolute atomic E-state index is 0.0474. The SMILES string of the molecule is COc1cc2ncc(-c3cc(F)c(OC)c(-c4nn(CCO)cc4S(N)(=O)=O)c3)n2cc1C(F)(F)F. The molecule has 0 amide bonds. The minimum Gasteiger partial charge on any atom is -0.496 e. The van der Waals surface area contributed by atoms with Gasteiger partial charge in [-0.25, -0.2) is 22.9 Å². The molecule has 3 N–H and O–H groups in total. The van der Waals surface area contributed by atoms with Crippen LogP contribution in [0.5, 0.6) is 11.5 Å². The van der Waals surface area contributed by atoms with Gasteiger partial charge < -0.3 is 14.6 Å². The number of nitrogens with zero attached hydrogens (tertiary/aromatic N) is 4. The Morgan fingerprint density at radius 2 is 1.86 bits per heavy atom. The van der Waals surface area contributed by atoms with E-state index in [4.69, 9.17) is 14.6 Å². The smallest absolute Gasteiger partial charge is 0.421 e. The van der Waals surface area contributed by atoms with Crippen LogP contribution in [0.25, 0.3) is 28.2 Å². The molecule has 0 unspecified atom stereocenters. The van der Waals surface area contributed by atoms with E-state index in [0.717, 1.165) is 47.8 Å². The fourth-order valence-electron chi connectivity index (χ4n) is 3.74. The molecule has 0 atom stereocenters. The maximum atomic E-state index is 15.1. The number of aliphatic hydroxyl groups excluding tert-OH is 1. The van der Waals surface area contributed by atoms with E-state index in [0.29, 0.717) is 0 Å². The Morgan fingerprint density at radius 3 is 2.44 bits per heavy atom. The van der Waals surface area contributed by atoms with E-state index in [9.17, 15) is 26.7 Å². The number of aromatic nitrogens is 4. The highest BCUT2D eigenvalue weighted by Crippen LogP contribution is 2.40. The second kappa shape index (κ2) is 9.07. The van der Waals surface area contributed by atoms with Crippen LogP contribution in [0.15, 0.2) is 41.7 Å². The maximum Gasteiger partial charge on any atom is 0.421 e. The van der Waals surface area contributed by atoms with E-state index in [1.165, 1.54) is 12.3 Å². The lowest BCUT2D eigenvalue weighted by Gasteiger charge is -2.14. The zero-order chi connectivity index (χ0) is 26.4. The van der Waals surface area contributed by atoms with Crippen molar-refractivity contribution in [3.63, 3.8) is 0 Å². The largest absolute Gasteiger partial charge is 0.496 e. The van der Waals surface area contributed by atoms with Crippen LogP contribution in [-0.2, 0) is 22.7 Å². The number of halogens is 4. The van der Waals surface area contributed by atoms with Crippen LogP contribution < -0.4 is 14.6 Å². The van der Waals surface area contributed by atoms with E-state index in [1.54, 1.807) is 0 Å². The molecule has 0 spiro atoms. The average molecular weight is 529 g/mol. The first kappa shape index (κ1) is 25.4. The highest BCUT2D eigenvalue weighted by Gasteiger charge is 2.35. The summed E-state index contributed by atoms with van der Waals surface area (Å²) >= 11 is 0. The third-order valence-electron chi connectivity index (χ3n) is 5.30. The molecule has 4 rings (SSSR count). The van der Waals surface area contributed by atoms with Gasteiger partial charge in [-0.2, -0.15) is 18.3 Å². The van der Waals surface area contributed by atoms with E-state index in [2.05, 4.69) is 10.1 Å². The van der Waals surface area contributed by atoms with E-state index >= 15 is 4.39 Å². The summed E-state index contributed by atoms with van der Waals surface area (Å²) in [6.07, 6.45) is -1.68. The van der Waals surface area contributed by atoms with Gasteiger partial charge in [0.2, 0.25) is 10.0 Å². The Kier molecular flexibility index (Phi) is 6.40. The molecule has 192 valence electrons. The molecular formula is C21H19F4N5O5S. The van der Waals surface area contributed by atoms with Crippen molar-refractivity contribution in [2.75, 3.05) is 20.8 Å². The quantitative estimate of drug-likeness (QED) is 0.352. The van der Waals surface area contributed by atoms with Crippen molar-refractivity contribution in [2.45, 2.75) is 17.6 Å². The third-order valence-corrected chi connectivity index (χ3v) is 6.21. The van der Waals surface area contributed by atoms with Gasteiger partial charge in [0.15, 0.2) is 11.6 Å². The number of hydrogen-bond donors (Lipinski definition) is 2. The molecule has 0 bridgehead atoms. The lowest BCUT2D eigenvalue weighted by Crippen LogP contribution is -2.12. The topological polar surface area (TPSA) is 134 Å². The van der Waals surface area contributed by atoms with Crippen molar-refractivity contribution < 1.29 is 40.6 Å². The molecule has 0 radical (unpaired) electrons. The van der Waals surface area contributed by atoms with Gasteiger partial charge in [-0.3, -0.25) is 9.08 Å². The lowest BCUT2D eigenvalue weighted by atomic mass is 10.0. The van der Waals surface area contributed by atoms with Crippen LogP contribution in [0, 0.1) is 5.82 Å². The molecule has 0 aliphatic carbocycles. The summed E-state index contributed by atoms with van der Waals surface area (Å²) in [5.74, 6) is -1.76. The fourth-order valence-corrected chi connectivity index (χ4v) is 4.43. The van der Waals surface area contributed by atoms with Crippen molar-refractivity contribution in [3.8, 4) is 34.0 Å². The van der Waals surface area contributed by atoms with E-state index in [1.807, 2.05) is 0 Å². The number of hydrogen-bond acceptors (Lipinski definition) is 7. The Balaban J connectivity index is 2.00. The zero-order valence-electron chi connectivity index (χ0n) is 18.7. The second-order valence-corrected chi connectivity index (χ2v) is 9.07. The van der Waals surface area contributed by atoms with Gasteiger partial charge >= 0.3 is 6.18 Å². The van der Waals surface area contributed by atoms with Crippen molar-refractivity contribution in [3.05, 3.63) is 48.2 Å². The fraction of sp³-hybridized carbons (Fsp3) is 0.238. The van der Waals surface area contributed by atoms with Crippen LogP contribution in [-0.4, -0.2) is 53.5 Å². The Hall–Kier alpha value is -3.69. The third kappa shape index (κ3) is 4.47. The Labute approximate surface area is 201 Å². The van der Waals surface area contributed by atoms with E-state index < -0.39 is 38.2 Å². The first-order valence-corrected chi connectivity index (χ1v) is 11.6. The monoisotopic (exact) mass is 529 g/mol. The summed E-state index contributed by atoms with van der Waals surface area (Å²) in [4.78, 5) is 3.62. The number of nitrogens with two attached hydrogens (primary N) is 1. The molecule has 15 heteroatoms. The first-order chi connectivity index (χ1) is 16.9. The van der Waals surface area contributed by atoms with Gasteiger partial charge in [-0.15, -0.1) is 0 Å². The van der Waals surface area contributed by atoms with Crippen molar-refractivity contribution in [1.82, 2.24) is 19.2 Å². The molecule has 0 fully saturated rings. The van der Waals surface area contributed by atoms with Gasteiger partial charge in [0.05, 0.1) is 39.3 Å². The standard InChI is InChI=1S/C21H19F4N5O5S/c1-34-16-7-18-27-8-15(30(18)9-13(16)21(23,24)25)11-5-12(20(35-2)14(22)6-11)19-17(36(26,32)33)10-29(28-19)3-4-31/h5-10,31H,3-4H2,1-2H3,(H2,26,32,33). The molecule has 0 aliphatic rings. The normalized spacial score (nSPS) is 12.3. The van der Waals surface area contributed by atoms with Crippen LogP contribution in [0.3, 0.4) is 0 Å². The summed E-state index contributed by atoms with van der Waals surface area (Å²) in [6.45, 7) is -0.453. The molecule has 36 heavy (non-hydrogen) atoms. The predicted molar refractivity (Wildman–Crippen MR) is 118 cm³/mol. The molecule has 1 aromatic carbocycles. The number of sulfonamides is 1. The second-order valence-electron chi connectivity index (χ2n) is 7.54. The number of primary sulfonamides is 1. The molecule has 0 saturated heterocycles. The number of aliphatic hydroxyl groups is 1. The summed E-state index contributed by atoms with van der Waals surface area (Å²) in [6, 6.07) is 3.39. The number of benzene rings is 1. The number of ether oxygens (including phenoxy) is 2. The van der Waals surface area contributed by atoms with Crippen molar-refractivity contribution in [1.29, 1.82) is 0 Å². The van der Waals surface area contributed by atoms with Crippen LogP contribution in [0.4, 0.5) is 17.6 Å². The predicted octanol–water partition coefficient (Wildman–Crippen LogP) is 2.68. The van der Waals surface area contributed by atoms with Gasteiger partial charge in [0.25, 0.3) is 0 Å². The molecule has 4 aromatic rings. The highest BCUT2D eigenvalue weighted by atomic mass is 32.2. The molecule has 0 aliphatic heterocycles. The number of imidazole rings is 1. The van der Waals surface area contributed by atoms with Crippen LogP contribution >= 0.6 is 0 Å². The average Bonchev–Trinajstić information content (AvgIpc) is 3.41. The molecule has 0 saturated carbocycles. The van der Waals surface area contributed by atoms with Gasteiger partial charge in [-0.1, -0.05) is 0 Å². The van der Waals surface area contributed by atoms with Crippen molar-refractivity contribution >= 4 is 15.7 Å². The number of pyridine rings is 1. The van der Waals surface area contributed by atoms with Gasteiger partial charge in [0.1, 0.15) is 27.5 Å². The summed E-state index contributed by atoms with van der Waals surface area (Å²) in [5, 5.41) is 18.6. The summed E-state index contributed by atoms with van der Waals surface area (Å²) < 4.78 is 92.5. The Morgan fingerprint density at radius 1 is 1.14 bits per heavy atom. The van der Waals surface area contributed by atoms with Crippen LogP contribution in [0.1, 0.15) is 5.56 Å². The Bertz CT molecular complexity index is 1560. The number of methoxy groups -OCH3 is 2. The molecule has 10 nitrogen and oxygen atoms in total. The lowest BCUT2D eigenvalue weighted by molar-refractivity contribution is -0.139. The molecule has 3 aromatic heterocycles. The van der Waals surface area contributed by atoms with Gasteiger partial charge in [-0.05, 0) is 12.1 Å². The summed E-state index contributed by atoms with van der Waals surface area (Å²) in [7, 11) is -2.10. The molecule has 3 heterocycles. The summed E-state index contributed by atoms with van der Waals surface area (Å²) in [5.41, 5.74) is -1.28. The van der Waals surface area contributed by atoms with Crippen LogP contribution in [0.2, 0.25) is 0 Å². The minimum atomic E-state index is -4.75. The number of fused-ring (bicyclic) bond motifs is 1. The first-order valence-electron chi connectivity index (χ1n) is 10.1. The van der Waals surface area contributed by atoms with Crippen molar-refractivity contribution in [2.24, 2.45) is 5.14 Å². The van der Waals surface area contributed by atoms with E-state index in [-0.39, 0.29) is 47.1 Å². The van der Waals surface area contributed by atoms with Gasteiger partial charge in [0, 0.05) is 29.6 Å². The number of rotatable bonds is 7.